The van der Waals surface area contributed by atoms with Crippen molar-refractivity contribution in [2.24, 2.45) is 0 Å². The summed E-state index contributed by atoms with van der Waals surface area (Å²) in [7, 11) is 0. The molecule has 4 rings (SSSR count). The number of rotatable bonds is 4. The Morgan fingerprint density at radius 2 is 1.88 bits per heavy atom. The summed E-state index contributed by atoms with van der Waals surface area (Å²) < 4.78 is 7.98. The lowest BCUT2D eigenvalue weighted by Gasteiger charge is -2.30. The first-order chi connectivity index (χ1) is 12.3. The molecule has 25 heavy (non-hydrogen) atoms. The van der Waals surface area contributed by atoms with Crippen LogP contribution in [0.15, 0.2) is 41.2 Å². The van der Waals surface area contributed by atoms with Crippen LogP contribution in [-0.4, -0.2) is 19.7 Å². The van der Waals surface area contributed by atoms with E-state index in [-0.39, 0.29) is 5.43 Å². The summed E-state index contributed by atoms with van der Waals surface area (Å²) in [5, 5.41) is 1.64. The number of anilines is 1. The normalized spacial score (nSPS) is 15.0. The lowest BCUT2D eigenvalue weighted by molar-refractivity contribution is 0.321. The molecule has 2 heterocycles. The quantitative estimate of drug-likeness (QED) is 0.604. The Balaban J connectivity index is 1.99. The molecule has 2 aromatic carbocycles. The largest absolute Gasteiger partial charge is 0.492 e. The van der Waals surface area contributed by atoms with Crippen LogP contribution in [0.3, 0.4) is 0 Å². The van der Waals surface area contributed by atoms with Gasteiger partial charge in [-0.2, -0.15) is 0 Å². The fourth-order valence-electron chi connectivity index (χ4n) is 3.59. The predicted molar refractivity (Wildman–Crippen MR) is 107 cm³/mol. The van der Waals surface area contributed by atoms with E-state index in [0.29, 0.717) is 6.61 Å². The number of hydrogen-bond acceptors (Lipinski definition) is 4. The molecule has 0 amide bonds. The summed E-state index contributed by atoms with van der Waals surface area (Å²) in [4.78, 5) is 15.7. The number of ether oxygens (including phenoxy) is 1. The van der Waals surface area contributed by atoms with Crippen LogP contribution in [0, 0.1) is 0 Å². The molecule has 1 fully saturated rings. The lowest BCUT2D eigenvalue weighted by atomic mass is 10.1. The van der Waals surface area contributed by atoms with E-state index >= 15 is 0 Å². The van der Waals surface area contributed by atoms with Crippen LogP contribution in [0.4, 0.5) is 5.69 Å². The van der Waals surface area contributed by atoms with Crippen molar-refractivity contribution in [3.63, 3.8) is 0 Å². The van der Waals surface area contributed by atoms with Gasteiger partial charge in [-0.15, -0.1) is 11.3 Å². The van der Waals surface area contributed by atoms with Gasteiger partial charge in [-0.3, -0.25) is 4.79 Å². The van der Waals surface area contributed by atoms with Crippen molar-refractivity contribution in [2.45, 2.75) is 32.6 Å². The monoisotopic (exact) mass is 353 g/mol. The van der Waals surface area contributed by atoms with Crippen molar-refractivity contribution in [3.05, 3.63) is 46.6 Å². The van der Waals surface area contributed by atoms with E-state index < -0.39 is 0 Å². The maximum absolute atomic E-state index is 13.3. The highest BCUT2D eigenvalue weighted by Gasteiger charge is 2.19. The SMILES string of the molecule is CCCOc1ccc(N2CCCCC2)c2c(=O)c3ccccc3sc12. The van der Waals surface area contributed by atoms with Gasteiger partial charge < -0.3 is 9.64 Å². The fourth-order valence-corrected chi connectivity index (χ4v) is 4.75. The molecule has 1 aliphatic heterocycles. The molecule has 1 aliphatic rings. The van der Waals surface area contributed by atoms with Gasteiger partial charge in [0, 0.05) is 28.9 Å². The molecule has 0 N–H and O–H groups in total. The van der Waals surface area contributed by atoms with Crippen molar-refractivity contribution < 1.29 is 4.74 Å². The molecule has 0 unspecified atom stereocenters. The van der Waals surface area contributed by atoms with Gasteiger partial charge in [-0.1, -0.05) is 19.1 Å². The zero-order valence-corrected chi connectivity index (χ0v) is 15.4. The first-order valence-corrected chi connectivity index (χ1v) is 9.97. The third-order valence-electron chi connectivity index (χ3n) is 4.83. The van der Waals surface area contributed by atoms with Gasteiger partial charge >= 0.3 is 0 Å². The minimum Gasteiger partial charge on any atom is -0.492 e. The highest BCUT2D eigenvalue weighted by Crippen LogP contribution is 2.38. The Morgan fingerprint density at radius 1 is 1.08 bits per heavy atom. The van der Waals surface area contributed by atoms with E-state index in [9.17, 15) is 4.79 Å². The summed E-state index contributed by atoms with van der Waals surface area (Å²) in [5.41, 5.74) is 1.21. The molecule has 3 aromatic rings. The molecule has 0 bridgehead atoms. The average Bonchev–Trinajstić information content (AvgIpc) is 2.67. The van der Waals surface area contributed by atoms with E-state index in [2.05, 4.69) is 17.9 Å². The molecular weight excluding hydrogens is 330 g/mol. The summed E-state index contributed by atoms with van der Waals surface area (Å²) in [5.74, 6) is 0.838. The van der Waals surface area contributed by atoms with Gasteiger partial charge in [-0.05, 0) is 49.9 Å². The van der Waals surface area contributed by atoms with Crippen molar-refractivity contribution >= 4 is 37.2 Å². The second kappa shape index (κ2) is 7.04. The molecule has 3 nitrogen and oxygen atoms in total. The van der Waals surface area contributed by atoms with Gasteiger partial charge in [0.2, 0.25) is 0 Å². The maximum atomic E-state index is 13.3. The zero-order valence-electron chi connectivity index (χ0n) is 14.6. The Kier molecular flexibility index (Phi) is 4.62. The van der Waals surface area contributed by atoms with Gasteiger partial charge in [0.05, 0.1) is 16.7 Å². The predicted octanol–water partition coefficient (Wildman–Crippen LogP) is 5.19. The second-order valence-corrected chi connectivity index (χ2v) is 7.66. The van der Waals surface area contributed by atoms with E-state index in [4.69, 9.17) is 4.74 Å². The molecule has 0 aliphatic carbocycles. The van der Waals surface area contributed by atoms with E-state index in [1.54, 1.807) is 11.3 Å². The number of benzene rings is 2. The Labute approximate surface area is 151 Å². The highest BCUT2D eigenvalue weighted by atomic mass is 32.1. The van der Waals surface area contributed by atoms with Gasteiger partial charge in [-0.25, -0.2) is 0 Å². The third kappa shape index (κ3) is 2.99. The molecule has 0 spiro atoms. The van der Waals surface area contributed by atoms with Crippen molar-refractivity contribution in [1.82, 2.24) is 0 Å². The smallest absolute Gasteiger partial charge is 0.198 e. The molecule has 1 saturated heterocycles. The van der Waals surface area contributed by atoms with Crippen LogP contribution in [0.2, 0.25) is 0 Å². The Morgan fingerprint density at radius 3 is 2.68 bits per heavy atom. The zero-order chi connectivity index (χ0) is 17.2. The van der Waals surface area contributed by atoms with Gasteiger partial charge in [0.25, 0.3) is 0 Å². The molecule has 0 radical (unpaired) electrons. The summed E-state index contributed by atoms with van der Waals surface area (Å²) in [6, 6.07) is 12.0. The lowest BCUT2D eigenvalue weighted by Crippen LogP contribution is -2.30. The van der Waals surface area contributed by atoms with E-state index in [1.165, 1.54) is 19.3 Å². The van der Waals surface area contributed by atoms with Gasteiger partial charge in [0.15, 0.2) is 5.43 Å². The fraction of sp³-hybridized carbons (Fsp3) is 0.381. The van der Waals surface area contributed by atoms with Crippen LogP contribution in [0.1, 0.15) is 32.6 Å². The molecule has 1 aromatic heterocycles. The van der Waals surface area contributed by atoms with Crippen LogP contribution >= 0.6 is 11.3 Å². The third-order valence-corrected chi connectivity index (χ3v) is 6.01. The van der Waals surface area contributed by atoms with E-state index in [0.717, 1.165) is 51.1 Å². The number of fused-ring (bicyclic) bond motifs is 2. The minimum absolute atomic E-state index is 0.131. The molecular formula is C21H23NO2S. The van der Waals surface area contributed by atoms with Crippen LogP contribution in [0.25, 0.3) is 20.2 Å². The topological polar surface area (TPSA) is 29.5 Å². The summed E-state index contributed by atoms with van der Waals surface area (Å²) in [6.07, 6.45) is 4.63. The van der Waals surface area contributed by atoms with Crippen molar-refractivity contribution in [1.29, 1.82) is 0 Å². The van der Waals surface area contributed by atoms with E-state index in [1.807, 2.05) is 30.3 Å². The van der Waals surface area contributed by atoms with Crippen LogP contribution < -0.4 is 15.1 Å². The summed E-state index contributed by atoms with van der Waals surface area (Å²) in [6.45, 7) is 4.83. The van der Waals surface area contributed by atoms with Gasteiger partial charge in [0.1, 0.15) is 5.75 Å². The first kappa shape index (κ1) is 16.4. The first-order valence-electron chi connectivity index (χ1n) is 9.16. The minimum atomic E-state index is 0.131. The van der Waals surface area contributed by atoms with Crippen LogP contribution in [-0.2, 0) is 0 Å². The van der Waals surface area contributed by atoms with Crippen molar-refractivity contribution in [2.75, 3.05) is 24.6 Å². The van der Waals surface area contributed by atoms with Crippen molar-refractivity contribution in [3.8, 4) is 5.75 Å². The Hall–Kier alpha value is -2.07. The van der Waals surface area contributed by atoms with Crippen LogP contribution in [0.5, 0.6) is 5.75 Å². The standard InChI is InChI=1S/C21H23NO2S/c1-2-14-24-17-11-10-16(22-12-6-3-7-13-22)19-20(23)15-8-4-5-9-18(15)25-21(17)19/h4-5,8-11H,2-3,6-7,12-14H2,1H3. The average molecular weight is 353 g/mol. The second-order valence-electron chi connectivity index (χ2n) is 6.61. The molecule has 130 valence electrons. The Bertz CT molecular complexity index is 957. The number of nitrogens with zero attached hydrogens (tertiary/aromatic N) is 1. The number of piperidine rings is 1. The highest BCUT2D eigenvalue weighted by molar-refractivity contribution is 7.25. The molecule has 0 atom stereocenters. The number of hydrogen-bond donors (Lipinski definition) is 0. The molecule has 0 saturated carbocycles. The maximum Gasteiger partial charge on any atom is 0.198 e. The summed E-state index contributed by atoms with van der Waals surface area (Å²) >= 11 is 1.67. The molecule has 4 heteroatoms.